The van der Waals surface area contributed by atoms with Gasteiger partial charge in [0, 0.05) is 5.02 Å². The van der Waals surface area contributed by atoms with Crippen LogP contribution in [-0.2, 0) is 9.59 Å². The number of para-hydroxylation sites is 2. The molecule has 0 bridgehead atoms. The normalized spacial score (nSPS) is 13.5. The van der Waals surface area contributed by atoms with Crippen molar-refractivity contribution in [3.8, 4) is 11.5 Å². The predicted octanol–water partition coefficient (Wildman–Crippen LogP) is 5.37. The van der Waals surface area contributed by atoms with E-state index in [4.69, 9.17) is 21.1 Å². The summed E-state index contributed by atoms with van der Waals surface area (Å²) in [6.45, 7) is 3.89. The first-order valence-electron chi connectivity index (χ1n) is 10.3. The van der Waals surface area contributed by atoms with Crippen LogP contribution in [0.15, 0.2) is 66.4 Å². The van der Waals surface area contributed by atoms with Crippen molar-refractivity contribution in [3.63, 3.8) is 0 Å². The number of carbonyl (C=O) groups excluding carboxylic acids is 2. The Balaban J connectivity index is 1.91. The van der Waals surface area contributed by atoms with Gasteiger partial charge in [0.25, 0.3) is 11.8 Å². The summed E-state index contributed by atoms with van der Waals surface area (Å²) in [6.07, 6.45) is 0. The van der Waals surface area contributed by atoms with E-state index in [1.165, 1.54) is 14.2 Å². The number of amides is 2. The number of nitrogens with zero attached hydrogens (tertiary/aromatic N) is 1. The first kappa shape index (κ1) is 22.4. The quantitative estimate of drug-likeness (QED) is 0.499. The number of imide groups is 1. The third-order valence-electron chi connectivity index (χ3n) is 5.48. The summed E-state index contributed by atoms with van der Waals surface area (Å²) in [6, 6.07) is 17.7. The molecular weight excluding hydrogens is 440 g/mol. The highest BCUT2D eigenvalue weighted by molar-refractivity contribution is 6.46. The summed E-state index contributed by atoms with van der Waals surface area (Å²) < 4.78 is 10.8. The van der Waals surface area contributed by atoms with Crippen molar-refractivity contribution < 1.29 is 19.1 Å². The van der Waals surface area contributed by atoms with Gasteiger partial charge in [-0.1, -0.05) is 47.5 Å². The molecule has 0 atom stereocenters. The third-order valence-corrected chi connectivity index (χ3v) is 5.72. The van der Waals surface area contributed by atoms with Gasteiger partial charge in [-0.25, -0.2) is 4.90 Å². The summed E-state index contributed by atoms with van der Waals surface area (Å²) in [5.41, 5.74) is 3.85. The lowest BCUT2D eigenvalue weighted by molar-refractivity contribution is -0.120. The lowest BCUT2D eigenvalue weighted by atomic mass is 9.97. The van der Waals surface area contributed by atoms with Gasteiger partial charge in [0.05, 0.1) is 31.2 Å². The van der Waals surface area contributed by atoms with Crippen LogP contribution in [0.2, 0.25) is 5.02 Å². The van der Waals surface area contributed by atoms with Crippen LogP contribution in [0.3, 0.4) is 0 Å². The van der Waals surface area contributed by atoms with Crippen LogP contribution in [0.5, 0.6) is 11.5 Å². The van der Waals surface area contributed by atoms with Gasteiger partial charge >= 0.3 is 0 Å². The summed E-state index contributed by atoms with van der Waals surface area (Å²) in [7, 11) is 3.02. The molecule has 7 heteroatoms. The number of ether oxygens (including phenoxy) is 2. The number of hydrogen-bond donors (Lipinski definition) is 1. The van der Waals surface area contributed by atoms with Crippen LogP contribution in [-0.4, -0.2) is 26.0 Å². The highest BCUT2D eigenvalue weighted by Crippen LogP contribution is 2.40. The number of carbonyl (C=O) groups is 2. The van der Waals surface area contributed by atoms with E-state index in [1.807, 2.05) is 32.0 Å². The van der Waals surface area contributed by atoms with E-state index in [0.29, 0.717) is 33.5 Å². The fourth-order valence-electron chi connectivity index (χ4n) is 3.94. The molecule has 1 N–H and O–H groups in total. The highest BCUT2D eigenvalue weighted by atomic mass is 35.5. The van der Waals surface area contributed by atoms with Crippen LogP contribution in [0.25, 0.3) is 5.57 Å². The molecule has 0 fully saturated rings. The number of methoxy groups -OCH3 is 2. The van der Waals surface area contributed by atoms with Gasteiger partial charge < -0.3 is 14.8 Å². The molecule has 0 unspecified atom stereocenters. The maximum Gasteiger partial charge on any atom is 0.282 e. The Morgan fingerprint density at radius 3 is 2.27 bits per heavy atom. The van der Waals surface area contributed by atoms with Gasteiger partial charge in [-0.2, -0.15) is 0 Å². The minimum absolute atomic E-state index is 0.137. The minimum atomic E-state index is -0.499. The molecule has 0 saturated carbocycles. The highest BCUT2D eigenvalue weighted by Gasteiger charge is 2.42. The van der Waals surface area contributed by atoms with Crippen molar-refractivity contribution in [2.45, 2.75) is 13.8 Å². The van der Waals surface area contributed by atoms with Crippen molar-refractivity contribution in [2.75, 3.05) is 24.4 Å². The molecule has 168 valence electrons. The van der Waals surface area contributed by atoms with Crippen LogP contribution in [0.1, 0.15) is 16.7 Å². The molecule has 0 aromatic heterocycles. The van der Waals surface area contributed by atoms with Gasteiger partial charge in [-0.15, -0.1) is 0 Å². The van der Waals surface area contributed by atoms with Gasteiger partial charge in [0.1, 0.15) is 17.2 Å². The number of aryl methyl sites for hydroxylation is 2. The average Bonchev–Trinajstić information content (AvgIpc) is 3.03. The molecular formula is C26H23ClN2O4. The monoisotopic (exact) mass is 462 g/mol. The van der Waals surface area contributed by atoms with Gasteiger partial charge in [-0.3, -0.25) is 9.59 Å². The molecule has 3 aromatic carbocycles. The molecule has 0 aliphatic carbocycles. The first-order chi connectivity index (χ1) is 15.8. The second-order valence-corrected chi connectivity index (χ2v) is 8.09. The van der Waals surface area contributed by atoms with Crippen molar-refractivity contribution in [1.29, 1.82) is 0 Å². The minimum Gasteiger partial charge on any atom is -0.495 e. The lowest BCUT2D eigenvalue weighted by Gasteiger charge is -2.18. The summed E-state index contributed by atoms with van der Waals surface area (Å²) in [4.78, 5) is 28.6. The fourth-order valence-corrected chi connectivity index (χ4v) is 4.11. The Labute approximate surface area is 197 Å². The average molecular weight is 463 g/mol. The third kappa shape index (κ3) is 4.05. The molecule has 4 rings (SSSR count). The summed E-state index contributed by atoms with van der Waals surface area (Å²) in [5.74, 6) is -0.0370. The maximum absolute atomic E-state index is 13.7. The van der Waals surface area contributed by atoms with Crippen LogP contribution >= 0.6 is 11.6 Å². The van der Waals surface area contributed by atoms with Crippen molar-refractivity contribution in [3.05, 3.63) is 88.1 Å². The fraction of sp³-hybridized carbons (Fsp3) is 0.154. The Hall–Kier alpha value is -3.77. The van der Waals surface area contributed by atoms with E-state index in [9.17, 15) is 9.59 Å². The SMILES string of the molecule is COc1ccc(Cl)cc1NC1=C(c2ccc(C)cc2C)C(=O)N(c2ccccc2OC)C1=O. The molecule has 0 spiro atoms. The van der Waals surface area contributed by atoms with E-state index in [1.54, 1.807) is 42.5 Å². The Kier molecular flexibility index (Phi) is 6.11. The van der Waals surface area contributed by atoms with Crippen LogP contribution in [0.4, 0.5) is 11.4 Å². The zero-order valence-electron chi connectivity index (χ0n) is 18.7. The number of halogens is 1. The summed E-state index contributed by atoms with van der Waals surface area (Å²) >= 11 is 6.19. The Morgan fingerprint density at radius 1 is 0.848 bits per heavy atom. The maximum atomic E-state index is 13.7. The van der Waals surface area contributed by atoms with E-state index >= 15 is 0 Å². The Bertz CT molecular complexity index is 1300. The molecule has 1 aliphatic rings. The molecule has 1 aliphatic heterocycles. The number of benzene rings is 3. The number of rotatable bonds is 6. The van der Waals surface area contributed by atoms with Gasteiger partial charge in [0.2, 0.25) is 0 Å². The molecule has 3 aromatic rings. The van der Waals surface area contributed by atoms with E-state index in [2.05, 4.69) is 5.32 Å². The largest absolute Gasteiger partial charge is 0.495 e. The van der Waals surface area contributed by atoms with Crippen LogP contribution in [0, 0.1) is 13.8 Å². The van der Waals surface area contributed by atoms with E-state index in [-0.39, 0.29) is 11.3 Å². The van der Waals surface area contributed by atoms with Gasteiger partial charge in [0.15, 0.2) is 0 Å². The smallest absolute Gasteiger partial charge is 0.282 e. The van der Waals surface area contributed by atoms with Crippen molar-refractivity contribution in [1.82, 2.24) is 0 Å². The molecule has 33 heavy (non-hydrogen) atoms. The second kappa shape index (κ2) is 9.00. The number of nitrogens with one attached hydrogen (secondary N) is 1. The second-order valence-electron chi connectivity index (χ2n) is 7.66. The molecule has 0 radical (unpaired) electrons. The summed E-state index contributed by atoms with van der Waals surface area (Å²) in [5, 5.41) is 3.59. The van der Waals surface area contributed by atoms with E-state index in [0.717, 1.165) is 16.0 Å². The van der Waals surface area contributed by atoms with Crippen LogP contribution < -0.4 is 19.7 Å². The Morgan fingerprint density at radius 2 is 1.58 bits per heavy atom. The predicted molar refractivity (Wildman–Crippen MR) is 130 cm³/mol. The standard InChI is InChI=1S/C26H23ClN2O4/c1-15-9-11-18(16(2)13-15)23-24(28-19-14-17(27)10-12-21(19)32-3)26(31)29(25(23)30)20-7-5-6-8-22(20)33-4/h5-14,28H,1-4H3. The number of hydrogen-bond acceptors (Lipinski definition) is 5. The first-order valence-corrected chi connectivity index (χ1v) is 10.7. The molecule has 2 amide bonds. The zero-order valence-corrected chi connectivity index (χ0v) is 19.5. The van der Waals surface area contributed by atoms with Crippen molar-refractivity contribution >= 4 is 40.4 Å². The molecule has 0 saturated heterocycles. The zero-order chi connectivity index (χ0) is 23.7. The lowest BCUT2D eigenvalue weighted by Crippen LogP contribution is -2.32. The van der Waals surface area contributed by atoms with Crippen molar-refractivity contribution in [2.24, 2.45) is 0 Å². The number of anilines is 2. The van der Waals surface area contributed by atoms with Gasteiger partial charge in [-0.05, 0) is 55.3 Å². The van der Waals surface area contributed by atoms with E-state index < -0.39 is 11.8 Å². The topological polar surface area (TPSA) is 67.9 Å². The molecule has 6 nitrogen and oxygen atoms in total. The molecule has 1 heterocycles.